The molecule has 0 spiro atoms. The van der Waals surface area contributed by atoms with Crippen LogP contribution in [0.4, 0.5) is 5.95 Å². The summed E-state index contributed by atoms with van der Waals surface area (Å²) in [7, 11) is 0. The molecule has 1 fully saturated rings. The Morgan fingerprint density at radius 1 is 1.50 bits per heavy atom. The van der Waals surface area contributed by atoms with E-state index in [2.05, 4.69) is 25.9 Å². The van der Waals surface area contributed by atoms with Gasteiger partial charge in [0.05, 0.1) is 10.4 Å². The first-order valence-corrected chi connectivity index (χ1v) is 5.98. The Labute approximate surface area is 102 Å². The SMILES string of the molecule is NC(=O)C1CCCN(c2ncc(Br)cn2)C1. The fraction of sp³-hybridized carbons (Fsp3) is 0.500. The van der Waals surface area contributed by atoms with Crippen molar-refractivity contribution < 1.29 is 4.79 Å². The van der Waals surface area contributed by atoms with Gasteiger partial charge < -0.3 is 10.6 Å². The van der Waals surface area contributed by atoms with Crippen molar-refractivity contribution in [3.63, 3.8) is 0 Å². The van der Waals surface area contributed by atoms with Gasteiger partial charge in [0.15, 0.2) is 0 Å². The first kappa shape index (κ1) is 11.3. The molecule has 0 saturated carbocycles. The fourth-order valence-corrected chi connectivity index (χ4v) is 2.06. The smallest absolute Gasteiger partial charge is 0.225 e. The van der Waals surface area contributed by atoms with Gasteiger partial charge in [-0.3, -0.25) is 4.79 Å². The molecule has 0 aromatic carbocycles. The average Bonchev–Trinajstić information content (AvgIpc) is 2.30. The first-order chi connectivity index (χ1) is 7.66. The third-order valence-electron chi connectivity index (χ3n) is 2.71. The van der Waals surface area contributed by atoms with E-state index < -0.39 is 0 Å². The number of rotatable bonds is 2. The zero-order valence-corrected chi connectivity index (χ0v) is 10.4. The number of primary amides is 1. The highest BCUT2D eigenvalue weighted by molar-refractivity contribution is 9.10. The highest BCUT2D eigenvalue weighted by Gasteiger charge is 2.25. The van der Waals surface area contributed by atoms with Crippen LogP contribution in [0.3, 0.4) is 0 Å². The second kappa shape index (κ2) is 4.78. The third-order valence-corrected chi connectivity index (χ3v) is 3.12. The molecule has 2 N–H and O–H groups in total. The van der Waals surface area contributed by atoms with Crippen LogP contribution in [0.5, 0.6) is 0 Å². The number of nitrogens with two attached hydrogens (primary N) is 1. The van der Waals surface area contributed by atoms with Crippen LogP contribution in [0.1, 0.15) is 12.8 Å². The van der Waals surface area contributed by atoms with Crippen molar-refractivity contribution in [3.8, 4) is 0 Å². The summed E-state index contributed by atoms with van der Waals surface area (Å²) in [4.78, 5) is 21.6. The van der Waals surface area contributed by atoms with Gasteiger partial charge in [-0.25, -0.2) is 9.97 Å². The first-order valence-electron chi connectivity index (χ1n) is 5.18. The zero-order valence-electron chi connectivity index (χ0n) is 8.77. The van der Waals surface area contributed by atoms with Crippen molar-refractivity contribution in [3.05, 3.63) is 16.9 Å². The summed E-state index contributed by atoms with van der Waals surface area (Å²) >= 11 is 3.29. The Hall–Kier alpha value is -1.17. The molecule has 1 aliphatic rings. The molecule has 6 heteroatoms. The molecule has 5 nitrogen and oxygen atoms in total. The van der Waals surface area contributed by atoms with E-state index in [4.69, 9.17) is 5.73 Å². The van der Waals surface area contributed by atoms with Gasteiger partial charge in [-0.1, -0.05) is 0 Å². The molecule has 0 bridgehead atoms. The number of hydrogen-bond donors (Lipinski definition) is 1. The molecule has 1 amide bonds. The van der Waals surface area contributed by atoms with Crippen LogP contribution in [0.25, 0.3) is 0 Å². The molecule has 86 valence electrons. The molecule has 16 heavy (non-hydrogen) atoms. The molecular formula is C10H13BrN4O. The van der Waals surface area contributed by atoms with Crippen LogP contribution in [-0.4, -0.2) is 29.0 Å². The molecule has 2 heterocycles. The number of hydrogen-bond acceptors (Lipinski definition) is 4. The highest BCUT2D eigenvalue weighted by Crippen LogP contribution is 2.20. The fourth-order valence-electron chi connectivity index (χ4n) is 1.86. The zero-order chi connectivity index (χ0) is 11.5. The van der Waals surface area contributed by atoms with Crippen molar-refractivity contribution >= 4 is 27.8 Å². The lowest BCUT2D eigenvalue weighted by atomic mass is 9.98. The minimum atomic E-state index is -0.234. The van der Waals surface area contributed by atoms with Crippen LogP contribution in [0.2, 0.25) is 0 Å². The lowest BCUT2D eigenvalue weighted by molar-refractivity contribution is -0.122. The van der Waals surface area contributed by atoms with Gasteiger partial charge in [-0.15, -0.1) is 0 Å². The van der Waals surface area contributed by atoms with Crippen LogP contribution in [0.15, 0.2) is 16.9 Å². The number of amides is 1. The molecule has 1 aromatic rings. The van der Waals surface area contributed by atoms with Gasteiger partial charge >= 0.3 is 0 Å². The Bertz CT molecular complexity index is 381. The minimum Gasteiger partial charge on any atom is -0.369 e. The Kier molecular flexibility index (Phi) is 3.38. The normalized spacial score (nSPS) is 20.8. The quantitative estimate of drug-likeness (QED) is 0.877. The molecule has 1 atom stereocenters. The number of nitrogens with zero attached hydrogens (tertiary/aromatic N) is 3. The summed E-state index contributed by atoms with van der Waals surface area (Å²) in [5, 5.41) is 0. The van der Waals surface area contributed by atoms with Crippen LogP contribution in [0, 0.1) is 5.92 Å². The topological polar surface area (TPSA) is 72.1 Å². The Morgan fingerprint density at radius 2 is 2.19 bits per heavy atom. The van der Waals surface area contributed by atoms with Gasteiger partial charge in [0, 0.05) is 25.5 Å². The molecule has 0 radical (unpaired) electrons. The lowest BCUT2D eigenvalue weighted by Crippen LogP contribution is -2.41. The highest BCUT2D eigenvalue weighted by atomic mass is 79.9. The lowest BCUT2D eigenvalue weighted by Gasteiger charge is -2.30. The standard InChI is InChI=1S/C10H13BrN4O/c11-8-4-13-10(14-5-8)15-3-1-2-7(6-15)9(12)16/h4-5,7H,1-3,6H2,(H2,12,16). The van der Waals surface area contributed by atoms with Crippen molar-refractivity contribution in [2.75, 3.05) is 18.0 Å². The third kappa shape index (κ3) is 2.49. The van der Waals surface area contributed by atoms with Crippen molar-refractivity contribution in [2.45, 2.75) is 12.8 Å². The summed E-state index contributed by atoms with van der Waals surface area (Å²) in [5.41, 5.74) is 5.32. The summed E-state index contributed by atoms with van der Waals surface area (Å²) in [6, 6.07) is 0. The molecule has 1 unspecified atom stereocenters. The summed E-state index contributed by atoms with van der Waals surface area (Å²) in [5.74, 6) is 0.344. The summed E-state index contributed by atoms with van der Waals surface area (Å²) in [6.45, 7) is 1.50. The predicted molar refractivity (Wildman–Crippen MR) is 63.9 cm³/mol. The van der Waals surface area contributed by atoms with Gasteiger partial charge in [0.2, 0.25) is 11.9 Å². The van der Waals surface area contributed by atoms with E-state index in [0.29, 0.717) is 12.5 Å². The largest absolute Gasteiger partial charge is 0.369 e. The number of carbonyl (C=O) groups excluding carboxylic acids is 1. The van der Waals surface area contributed by atoms with Crippen LogP contribution in [-0.2, 0) is 4.79 Å². The van der Waals surface area contributed by atoms with Crippen molar-refractivity contribution in [2.24, 2.45) is 11.7 Å². The van der Waals surface area contributed by atoms with Gasteiger partial charge in [0.1, 0.15) is 0 Å². The van der Waals surface area contributed by atoms with E-state index >= 15 is 0 Å². The van der Waals surface area contributed by atoms with E-state index in [-0.39, 0.29) is 11.8 Å². The van der Waals surface area contributed by atoms with Gasteiger partial charge in [0.25, 0.3) is 0 Å². The summed E-state index contributed by atoms with van der Waals surface area (Å²) < 4.78 is 0.847. The number of halogens is 1. The minimum absolute atomic E-state index is 0.0824. The second-order valence-corrected chi connectivity index (χ2v) is 4.80. The molecule has 0 aliphatic carbocycles. The number of aromatic nitrogens is 2. The Morgan fingerprint density at radius 3 is 2.81 bits per heavy atom. The van der Waals surface area contributed by atoms with E-state index in [9.17, 15) is 4.79 Å². The van der Waals surface area contributed by atoms with Gasteiger partial charge in [-0.2, -0.15) is 0 Å². The Balaban J connectivity index is 2.09. The van der Waals surface area contributed by atoms with E-state index in [1.165, 1.54) is 0 Å². The van der Waals surface area contributed by atoms with E-state index in [1.807, 2.05) is 4.90 Å². The van der Waals surface area contributed by atoms with Crippen molar-refractivity contribution in [1.29, 1.82) is 0 Å². The molecule has 1 aliphatic heterocycles. The number of carbonyl (C=O) groups is 1. The maximum absolute atomic E-state index is 11.1. The predicted octanol–water partition coefficient (Wildman–Crippen LogP) is 0.941. The monoisotopic (exact) mass is 284 g/mol. The number of piperidine rings is 1. The maximum atomic E-state index is 11.1. The van der Waals surface area contributed by atoms with Crippen molar-refractivity contribution in [1.82, 2.24) is 9.97 Å². The molecule has 1 saturated heterocycles. The van der Waals surface area contributed by atoms with Gasteiger partial charge in [-0.05, 0) is 28.8 Å². The number of anilines is 1. The second-order valence-electron chi connectivity index (χ2n) is 3.89. The average molecular weight is 285 g/mol. The van der Waals surface area contributed by atoms with Crippen LogP contribution >= 0.6 is 15.9 Å². The molecule has 1 aromatic heterocycles. The van der Waals surface area contributed by atoms with Crippen LogP contribution < -0.4 is 10.6 Å². The van der Waals surface area contributed by atoms with E-state index in [1.54, 1.807) is 12.4 Å². The molecular weight excluding hydrogens is 272 g/mol. The van der Waals surface area contributed by atoms with E-state index in [0.717, 1.165) is 23.9 Å². The maximum Gasteiger partial charge on any atom is 0.225 e. The summed E-state index contributed by atoms with van der Waals surface area (Å²) in [6.07, 6.45) is 5.22. The molecule has 2 rings (SSSR count).